The number of fused-ring (bicyclic) bond motifs is 1. The topological polar surface area (TPSA) is 84.9 Å². The number of nitrogens with one attached hydrogen (secondary N) is 1. The summed E-state index contributed by atoms with van der Waals surface area (Å²) in [6, 6.07) is 7.00. The number of benzene rings is 1. The van der Waals surface area contributed by atoms with Gasteiger partial charge < -0.3 is 16.5 Å². The first-order chi connectivity index (χ1) is 8.63. The van der Waals surface area contributed by atoms with Crippen molar-refractivity contribution in [2.75, 3.05) is 5.33 Å². The van der Waals surface area contributed by atoms with Crippen LogP contribution < -0.4 is 11.5 Å². The predicted molar refractivity (Wildman–Crippen MR) is 76.8 cm³/mol. The molecular formula is C13H16BrN3O. The number of Topliss-reactive ketones (excluding diaryl/α,β-unsaturated/α-hetero) is 1. The Hall–Kier alpha value is -1.17. The van der Waals surface area contributed by atoms with Crippen molar-refractivity contribution in [1.82, 2.24) is 4.98 Å². The number of H-pyrrole nitrogens is 1. The van der Waals surface area contributed by atoms with E-state index in [1.807, 2.05) is 30.5 Å². The van der Waals surface area contributed by atoms with Gasteiger partial charge in [0.25, 0.3) is 0 Å². The molecule has 0 amide bonds. The number of halogens is 1. The minimum absolute atomic E-state index is 0.0673. The van der Waals surface area contributed by atoms with Gasteiger partial charge in [0, 0.05) is 23.1 Å². The molecule has 2 unspecified atom stereocenters. The molecule has 1 heterocycles. The molecule has 0 aliphatic rings. The summed E-state index contributed by atoms with van der Waals surface area (Å²) in [4.78, 5) is 14.7. The Kier molecular flexibility index (Phi) is 4.16. The van der Waals surface area contributed by atoms with Crippen LogP contribution in [0.1, 0.15) is 5.56 Å². The summed E-state index contributed by atoms with van der Waals surface area (Å²) in [6.45, 7) is 0. The van der Waals surface area contributed by atoms with Gasteiger partial charge in [-0.25, -0.2) is 0 Å². The molecule has 0 aliphatic carbocycles. The van der Waals surface area contributed by atoms with Crippen LogP contribution in [-0.2, 0) is 11.2 Å². The second kappa shape index (κ2) is 5.65. The van der Waals surface area contributed by atoms with Crippen molar-refractivity contribution in [2.24, 2.45) is 11.5 Å². The van der Waals surface area contributed by atoms with Gasteiger partial charge in [0.2, 0.25) is 0 Å². The van der Waals surface area contributed by atoms with Crippen LogP contribution in [0, 0.1) is 0 Å². The van der Waals surface area contributed by atoms with Crippen molar-refractivity contribution in [3.05, 3.63) is 36.0 Å². The lowest BCUT2D eigenvalue weighted by Crippen LogP contribution is -2.48. The fraction of sp³-hybridized carbons (Fsp3) is 0.308. The van der Waals surface area contributed by atoms with Gasteiger partial charge in [0.15, 0.2) is 5.78 Å². The maximum atomic E-state index is 11.5. The zero-order valence-corrected chi connectivity index (χ0v) is 11.5. The van der Waals surface area contributed by atoms with Crippen molar-refractivity contribution in [3.8, 4) is 0 Å². The van der Waals surface area contributed by atoms with Crippen LogP contribution in [0.4, 0.5) is 0 Å². The SMILES string of the molecule is NC(Cc1c[nH]c2ccccc12)C(N)C(=O)CBr. The molecule has 18 heavy (non-hydrogen) atoms. The van der Waals surface area contributed by atoms with Gasteiger partial charge in [0.1, 0.15) is 0 Å². The third-order valence-corrected chi connectivity index (χ3v) is 3.65. The van der Waals surface area contributed by atoms with Crippen LogP contribution in [0.5, 0.6) is 0 Å². The van der Waals surface area contributed by atoms with Gasteiger partial charge in [-0.2, -0.15) is 0 Å². The Balaban J connectivity index is 2.16. The lowest BCUT2D eigenvalue weighted by Gasteiger charge is -2.17. The first kappa shape index (κ1) is 13.3. The monoisotopic (exact) mass is 309 g/mol. The van der Waals surface area contributed by atoms with Crippen molar-refractivity contribution < 1.29 is 4.79 Å². The van der Waals surface area contributed by atoms with Gasteiger partial charge in [-0.1, -0.05) is 34.1 Å². The van der Waals surface area contributed by atoms with E-state index in [1.165, 1.54) is 0 Å². The maximum Gasteiger partial charge on any atom is 0.161 e. The average molecular weight is 310 g/mol. The Morgan fingerprint density at radius 1 is 1.33 bits per heavy atom. The average Bonchev–Trinajstić information content (AvgIpc) is 2.80. The summed E-state index contributed by atoms with van der Waals surface area (Å²) in [5, 5.41) is 1.38. The van der Waals surface area contributed by atoms with E-state index in [9.17, 15) is 4.79 Å². The zero-order chi connectivity index (χ0) is 13.1. The standard InChI is InChI=1S/C13H16BrN3O/c14-6-12(18)13(16)10(15)5-8-7-17-11-4-2-1-3-9(8)11/h1-4,7,10,13,17H,5-6,15-16H2. The van der Waals surface area contributed by atoms with Crippen LogP contribution in [0.15, 0.2) is 30.5 Å². The molecule has 0 fully saturated rings. The van der Waals surface area contributed by atoms with Crippen LogP contribution in [0.2, 0.25) is 0 Å². The molecule has 2 atom stereocenters. The van der Waals surface area contributed by atoms with E-state index in [2.05, 4.69) is 20.9 Å². The second-order valence-corrected chi connectivity index (χ2v) is 4.91. The lowest BCUT2D eigenvalue weighted by molar-refractivity contribution is -0.118. The minimum atomic E-state index is -0.627. The molecule has 5 heteroatoms. The molecule has 4 nitrogen and oxygen atoms in total. The molecule has 2 rings (SSSR count). The summed E-state index contributed by atoms with van der Waals surface area (Å²) in [7, 11) is 0. The summed E-state index contributed by atoms with van der Waals surface area (Å²) in [6.07, 6.45) is 2.51. The normalized spacial score (nSPS) is 14.6. The molecule has 1 aromatic carbocycles. The smallest absolute Gasteiger partial charge is 0.161 e. The fourth-order valence-corrected chi connectivity index (χ4v) is 2.38. The quantitative estimate of drug-likeness (QED) is 0.728. The molecule has 0 bridgehead atoms. The number of alkyl halides is 1. The van der Waals surface area contributed by atoms with Crippen LogP contribution in [0.3, 0.4) is 0 Å². The number of ketones is 1. The third kappa shape index (κ3) is 2.63. The number of para-hydroxylation sites is 1. The summed E-state index contributed by atoms with van der Waals surface area (Å²) in [5.74, 6) is -0.0673. The van der Waals surface area contributed by atoms with Gasteiger partial charge >= 0.3 is 0 Å². The summed E-state index contributed by atoms with van der Waals surface area (Å²) in [5.41, 5.74) is 14.0. The zero-order valence-electron chi connectivity index (χ0n) is 9.90. The van der Waals surface area contributed by atoms with E-state index < -0.39 is 6.04 Å². The largest absolute Gasteiger partial charge is 0.361 e. The van der Waals surface area contributed by atoms with Crippen molar-refractivity contribution >= 4 is 32.6 Å². The van der Waals surface area contributed by atoms with Gasteiger partial charge in [0.05, 0.1) is 11.4 Å². The lowest BCUT2D eigenvalue weighted by atomic mass is 9.98. The third-order valence-electron chi connectivity index (χ3n) is 3.10. The van der Waals surface area contributed by atoms with Crippen molar-refractivity contribution in [3.63, 3.8) is 0 Å². The van der Waals surface area contributed by atoms with Gasteiger partial charge in [-0.3, -0.25) is 4.79 Å². The first-order valence-corrected chi connectivity index (χ1v) is 6.90. The van der Waals surface area contributed by atoms with Crippen LogP contribution in [-0.4, -0.2) is 28.2 Å². The molecule has 5 N–H and O–H groups in total. The molecule has 96 valence electrons. The van der Waals surface area contributed by atoms with Crippen LogP contribution >= 0.6 is 15.9 Å². The second-order valence-electron chi connectivity index (χ2n) is 4.35. The van der Waals surface area contributed by atoms with E-state index in [0.717, 1.165) is 16.5 Å². The summed E-state index contributed by atoms with van der Waals surface area (Å²) < 4.78 is 0. The highest BCUT2D eigenvalue weighted by molar-refractivity contribution is 9.09. The minimum Gasteiger partial charge on any atom is -0.361 e. The Morgan fingerprint density at radius 2 is 2.06 bits per heavy atom. The number of hydrogen-bond donors (Lipinski definition) is 3. The molecule has 0 spiro atoms. The number of carbonyl (C=O) groups excluding carboxylic acids is 1. The van der Waals surface area contributed by atoms with E-state index in [-0.39, 0.29) is 17.2 Å². The van der Waals surface area contributed by atoms with Crippen molar-refractivity contribution in [1.29, 1.82) is 0 Å². The van der Waals surface area contributed by atoms with E-state index >= 15 is 0 Å². The summed E-state index contributed by atoms with van der Waals surface area (Å²) >= 11 is 3.11. The molecule has 0 saturated carbocycles. The number of nitrogens with two attached hydrogens (primary N) is 2. The number of carbonyl (C=O) groups is 1. The molecule has 1 aromatic heterocycles. The molecule has 0 saturated heterocycles. The number of hydrogen-bond acceptors (Lipinski definition) is 3. The van der Waals surface area contributed by atoms with E-state index in [1.54, 1.807) is 0 Å². The molecular weight excluding hydrogens is 294 g/mol. The number of aromatic nitrogens is 1. The van der Waals surface area contributed by atoms with Gasteiger partial charge in [-0.15, -0.1) is 0 Å². The maximum absolute atomic E-state index is 11.5. The van der Waals surface area contributed by atoms with Crippen LogP contribution in [0.25, 0.3) is 10.9 Å². The fourth-order valence-electron chi connectivity index (χ4n) is 2.01. The highest BCUT2D eigenvalue weighted by atomic mass is 79.9. The Morgan fingerprint density at radius 3 is 2.78 bits per heavy atom. The highest BCUT2D eigenvalue weighted by Crippen LogP contribution is 2.19. The Bertz CT molecular complexity index is 552. The highest BCUT2D eigenvalue weighted by Gasteiger charge is 2.21. The predicted octanol–water partition coefficient (Wildman–Crippen LogP) is 1.33. The molecule has 2 aromatic rings. The Labute approximate surface area is 114 Å². The van der Waals surface area contributed by atoms with E-state index in [0.29, 0.717) is 6.42 Å². The van der Waals surface area contributed by atoms with E-state index in [4.69, 9.17) is 11.5 Å². The number of rotatable bonds is 5. The molecule has 0 radical (unpaired) electrons. The van der Waals surface area contributed by atoms with Gasteiger partial charge in [-0.05, 0) is 18.1 Å². The molecule has 0 aliphatic heterocycles. The number of aromatic amines is 1. The van der Waals surface area contributed by atoms with Crippen molar-refractivity contribution in [2.45, 2.75) is 18.5 Å². The first-order valence-electron chi connectivity index (χ1n) is 5.78.